The van der Waals surface area contributed by atoms with Crippen LogP contribution in [0.15, 0.2) is 64.7 Å². The van der Waals surface area contributed by atoms with Crippen LogP contribution in [-0.2, 0) is 6.42 Å². The fourth-order valence-electron chi connectivity index (χ4n) is 3.89. The highest BCUT2D eigenvalue weighted by Crippen LogP contribution is 2.24. The number of carbonyl (C=O) groups is 1. The quantitative estimate of drug-likeness (QED) is 0.369. The molecule has 1 aliphatic rings. The van der Waals surface area contributed by atoms with Gasteiger partial charge in [0.15, 0.2) is 0 Å². The molecule has 0 atom stereocenters. The molecule has 0 saturated heterocycles. The number of hydrogen-bond acceptors (Lipinski definition) is 4. The molecule has 0 radical (unpaired) electrons. The van der Waals surface area contributed by atoms with Gasteiger partial charge in [0.1, 0.15) is 0 Å². The fraction of sp³-hybridized carbons (Fsp3) is 0.240. The molecule has 30 heavy (non-hydrogen) atoms. The van der Waals surface area contributed by atoms with Crippen LogP contribution in [0.4, 0.5) is 5.69 Å². The van der Waals surface area contributed by atoms with Crippen LogP contribution < -0.4 is 11.2 Å². The summed E-state index contributed by atoms with van der Waals surface area (Å²) in [6, 6.07) is 17.7. The van der Waals surface area contributed by atoms with Crippen molar-refractivity contribution in [1.82, 2.24) is 0 Å². The van der Waals surface area contributed by atoms with Gasteiger partial charge in [-0.25, -0.2) is 0 Å². The SMILES string of the molecule is CC(C)CC1=NCCc2cc(NC(=O)c3ccc4cc(C=NN)ccc4c3)ccc21. The van der Waals surface area contributed by atoms with E-state index in [2.05, 4.69) is 36.4 Å². The summed E-state index contributed by atoms with van der Waals surface area (Å²) in [4.78, 5) is 17.5. The molecule has 0 aliphatic carbocycles. The van der Waals surface area contributed by atoms with Crippen LogP contribution in [0.3, 0.4) is 0 Å². The first-order valence-electron chi connectivity index (χ1n) is 10.3. The second kappa shape index (κ2) is 8.49. The molecule has 4 rings (SSSR count). The lowest BCUT2D eigenvalue weighted by molar-refractivity contribution is 0.102. The lowest BCUT2D eigenvalue weighted by atomic mass is 9.92. The van der Waals surface area contributed by atoms with Crippen molar-refractivity contribution in [3.05, 3.63) is 76.9 Å². The van der Waals surface area contributed by atoms with E-state index in [0.29, 0.717) is 11.5 Å². The Balaban J connectivity index is 1.54. The molecule has 0 unspecified atom stereocenters. The molecule has 3 aromatic carbocycles. The predicted octanol–water partition coefficient (Wildman–Crippen LogP) is 4.78. The van der Waals surface area contributed by atoms with E-state index in [1.54, 1.807) is 6.21 Å². The lowest BCUT2D eigenvalue weighted by Crippen LogP contribution is -2.16. The second-order valence-corrected chi connectivity index (χ2v) is 8.10. The van der Waals surface area contributed by atoms with Crippen molar-refractivity contribution >= 4 is 34.3 Å². The Morgan fingerprint density at radius 3 is 2.73 bits per heavy atom. The van der Waals surface area contributed by atoms with Crippen LogP contribution in [-0.4, -0.2) is 24.4 Å². The number of benzene rings is 3. The van der Waals surface area contributed by atoms with Gasteiger partial charge in [-0.1, -0.05) is 38.1 Å². The number of amides is 1. The summed E-state index contributed by atoms with van der Waals surface area (Å²) in [5.41, 5.74) is 6.03. The van der Waals surface area contributed by atoms with E-state index in [0.717, 1.165) is 41.4 Å². The minimum absolute atomic E-state index is 0.115. The van der Waals surface area contributed by atoms with E-state index in [1.807, 2.05) is 42.5 Å². The van der Waals surface area contributed by atoms with Crippen molar-refractivity contribution in [3.63, 3.8) is 0 Å². The molecule has 152 valence electrons. The number of nitrogens with one attached hydrogen (secondary N) is 1. The standard InChI is InChI=1S/C25H26N4O/c1-16(2)11-24-23-8-7-22(14-20(23)9-10-27-24)29-25(30)21-6-5-18-12-17(15-28-26)3-4-19(18)13-21/h3-8,12-16H,9-11,26H2,1-2H3,(H,29,30). The van der Waals surface area contributed by atoms with E-state index >= 15 is 0 Å². The molecule has 1 aliphatic heterocycles. The number of rotatable bonds is 5. The number of aliphatic imine (C=N–C) groups is 1. The normalized spacial score (nSPS) is 13.5. The Kier molecular flexibility index (Phi) is 5.61. The largest absolute Gasteiger partial charge is 0.323 e. The third-order valence-electron chi connectivity index (χ3n) is 5.31. The molecule has 0 saturated carbocycles. The highest BCUT2D eigenvalue weighted by Gasteiger charge is 2.16. The molecule has 5 heteroatoms. The van der Waals surface area contributed by atoms with Crippen molar-refractivity contribution in [2.24, 2.45) is 21.9 Å². The summed E-state index contributed by atoms with van der Waals surface area (Å²) in [7, 11) is 0. The Bertz CT molecular complexity index is 1160. The van der Waals surface area contributed by atoms with Gasteiger partial charge in [-0.3, -0.25) is 9.79 Å². The smallest absolute Gasteiger partial charge is 0.255 e. The first-order chi connectivity index (χ1) is 14.5. The van der Waals surface area contributed by atoms with E-state index in [-0.39, 0.29) is 5.91 Å². The predicted molar refractivity (Wildman–Crippen MR) is 125 cm³/mol. The van der Waals surface area contributed by atoms with Crippen LogP contribution in [0.25, 0.3) is 10.8 Å². The van der Waals surface area contributed by atoms with Crippen molar-refractivity contribution < 1.29 is 4.79 Å². The zero-order valence-electron chi connectivity index (χ0n) is 17.4. The summed E-state index contributed by atoms with van der Waals surface area (Å²) in [5, 5.41) is 8.64. The van der Waals surface area contributed by atoms with Crippen molar-refractivity contribution in [3.8, 4) is 0 Å². The molecule has 5 nitrogen and oxygen atoms in total. The van der Waals surface area contributed by atoms with Gasteiger partial charge in [0.2, 0.25) is 0 Å². The van der Waals surface area contributed by atoms with Gasteiger partial charge in [0.05, 0.1) is 6.21 Å². The van der Waals surface area contributed by atoms with Crippen LogP contribution in [0.2, 0.25) is 0 Å². The van der Waals surface area contributed by atoms with Gasteiger partial charge in [0, 0.05) is 23.5 Å². The number of hydrazone groups is 1. The monoisotopic (exact) mass is 398 g/mol. The number of hydrogen-bond donors (Lipinski definition) is 2. The number of fused-ring (bicyclic) bond motifs is 2. The van der Waals surface area contributed by atoms with Gasteiger partial charge in [-0.2, -0.15) is 5.10 Å². The zero-order chi connectivity index (χ0) is 21.1. The first-order valence-corrected chi connectivity index (χ1v) is 10.3. The zero-order valence-corrected chi connectivity index (χ0v) is 17.4. The van der Waals surface area contributed by atoms with E-state index in [4.69, 9.17) is 10.8 Å². The fourth-order valence-corrected chi connectivity index (χ4v) is 3.89. The molecular weight excluding hydrogens is 372 g/mol. The van der Waals surface area contributed by atoms with E-state index < -0.39 is 0 Å². The molecule has 3 aromatic rings. The molecule has 0 spiro atoms. The minimum atomic E-state index is -0.115. The summed E-state index contributed by atoms with van der Waals surface area (Å²) < 4.78 is 0. The Hall–Kier alpha value is -3.47. The van der Waals surface area contributed by atoms with Gasteiger partial charge < -0.3 is 11.2 Å². The Morgan fingerprint density at radius 2 is 1.93 bits per heavy atom. The van der Waals surface area contributed by atoms with Gasteiger partial charge in [0.25, 0.3) is 5.91 Å². The average molecular weight is 399 g/mol. The summed E-state index contributed by atoms with van der Waals surface area (Å²) in [5.74, 6) is 5.68. The Morgan fingerprint density at radius 1 is 1.13 bits per heavy atom. The summed E-state index contributed by atoms with van der Waals surface area (Å²) in [6.45, 7) is 5.23. The van der Waals surface area contributed by atoms with Gasteiger partial charge in [-0.15, -0.1) is 0 Å². The highest BCUT2D eigenvalue weighted by molar-refractivity contribution is 6.07. The average Bonchev–Trinajstić information content (AvgIpc) is 2.73. The van der Waals surface area contributed by atoms with Crippen molar-refractivity contribution in [2.75, 3.05) is 11.9 Å². The van der Waals surface area contributed by atoms with Gasteiger partial charge >= 0.3 is 0 Å². The summed E-state index contributed by atoms with van der Waals surface area (Å²) in [6.07, 6.45) is 3.49. The summed E-state index contributed by atoms with van der Waals surface area (Å²) >= 11 is 0. The number of nitrogens with zero attached hydrogens (tertiary/aromatic N) is 2. The van der Waals surface area contributed by atoms with E-state index in [1.165, 1.54) is 16.8 Å². The number of carbonyl (C=O) groups excluding carboxylic acids is 1. The topological polar surface area (TPSA) is 79.8 Å². The first kappa shape index (κ1) is 19.8. The van der Waals surface area contributed by atoms with Crippen molar-refractivity contribution in [1.29, 1.82) is 0 Å². The maximum Gasteiger partial charge on any atom is 0.255 e. The lowest BCUT2D eigenvalue weighted by Gasteiger charge is -2.19. The van der Waals surface area contributed by atoms with Crippen molar-refractivity contribution in [2.45, 2.75) is 26.7 Å². The van der Waals surface area contributed by atoms with Gasteiger partial charge in [-0.05, 0) is 76.6 Å². The molecule has 0 aromatic heterocycles. The minimum Gasteiger partial charge on any atom is -0.323 e. The van der Waals surface area contributed by atoms with Crippen LogP contribution >= 0.6 is 0 Å². The number of anilines is 1. The third-order valence-corrected chi connectivity index (χ3v) is 5.31. The van der Waals surface area contributed by atoms with Crippen LogP contribution in [0.1, 0.15) is 47.3 Å². The molecular formula is C25H26N4O. The highest BCUT2D eigenvalue weighted by atomic mass is 16.1. The molecule has 0 bridgehead atoms. The third kappa shape index (κ3) is 4.25. The number of nitrogens with two attached hydrogens (primary N) is 1. The molecule has 1 amide bonds. The van der Waals surface area contributed by atoms with Crippen LogP contribution in [0.5, 0.6) is 0 Å². The maximum atomic E-state index is 12.8. The maximum absolute atomic E-state index is 12.8. The molecule has 1 heterocycles. The van der Waals surface area contributed by atoms with E-state index in [9.17, 15) is 4.79 Å². The molecule has 3 N–H and O–H groups in total. The van der Waals surface area contributed by atoms with Crippen LogP contribution in [0, 0.1) is 5.92 Å². The second-order valence-electron chi connectivity index (χ2n) is 8.10. The molecule has 0 fully saturated rings. The Labute approximate surface area is 176 Å².